The van der Waals surface area contributed by atoms with E-state index in [0.29, 0.717) is 6.42 Å². The van der Waals surface area contributed by atoms with Crippen LogP contribution in [0.2, 0.25) is 0 Å². The molecule has 3 aromatic rings. The Balaban J connectivity index is 1.93. The van der Waals surface area contributed by atoms with E-state index in [1.165, 1.54) is 22.0 Å². The summed E-state index contributed by atoms with van der Waals surface area (Å²) in [7, 11) is 3.98. The number of hydrogen-bond acceptors (Lipinski definition) is 5. The van der Waals surface area contributed by atoms with Crippen molar-refractivity contribution in [3.05, 3.63) is 80.6 Å². The fraction of sp³-hybridized carbons (Fsp3) is 0.433. The van der Waals surface area contributed by atoms with Gasteiger partial charge in [-0.2, -0.15) is 0 Å². The smallest absolute Gasteiger partial charge is 0.305 e. The molecule has 38 heavy (non-hydrogen) atoms. The summed E-state index contributed by atoms with van der Waals surface area (Å²) in [6.45, 7) is 8.94. The van der Waals surface area contributed by atoms with E-state index in [1.807, 2.05) is 45.5 Å². The van der Waals surface area contributed by atoms with Gasteiger partial charge in [-0.3, -0.25) is 14.4 Å². The van der Waals surface area contributed by atoms with Gasteiger partial charge in [0, 0.05) is 23.7 Å². The summed E-state index contributed by atoms with van der Waals surface area (Å²) in [5, 5.41) is 14.5. The SMILES string of the molecule is Cc1cccc(C)c1-c1cc([C@@H](CC(=O)O)NC(=O)[C@H](CC(C)C)n2cc(CCN(C)C)ccc2=O)cs1. The molecule has 0 saturated heterocycles. The minimum atomic E-state index is -1.00. The van der Waals surface area contributed by atoms with Crippen LogP contribution in [-0.2, 0) is 16.0 Å². The number of rotatable bonds is 12. The van der Waals surface area contributed by atoms with Crippen LogP contribution in [0.15, 0.2) is 52.8 Å². The number of nitrogens with zero attached hydrogens (tertiary/aromatic N) is 2. The fourth-order valence-electron chi connectivity index (χ4n) is 4.65. The summed E-state index contributed by atoms with van der Waals surface area (Å²) in [6.07, 6.45) is 2.73. The van der Waals surface area contributed by atoms with E-state index in [1.54, 1.807) is 12.3 Å². The lowest BCUT2D eigenvalue weighted by atomic mass is 9.98. The summed E-state index contributed by atoms with van der Waals surface area (Å²) in [4.78, 5) is 41.4. The summed E-state index contributed by atoms with van der Waals surface area (Å²) in [5.74, 6) is -1.20. The number of carboxylic acids is 1. The third kappa shape index (κ3) is 7.65. The van der Waals surface area contributed by atoms with Gasteiger partial charge in [0.1, 0.15) is 6.04 Å². The van der Waals surface area contributed by atoms with Crippen molar-refractivity contribution in [3.63, 3.8) is 0 Å². The summed E-state index contributed by atoms with van der Waals surface area (Å²) >= 11 is 1.54. The standard InChI is InChI=1S/C30H39N3O4S/c1-19(2)14-25(33-17-22(10-11-27(33)34)12-13-32(5)6)30(37)31-24(16-28(35)36)23-15-26(38-18-23)29-20(3)8-7-9-21(29)4/h7-11,15,17-19,24-25H,12-14,16H2,1-6H3,(H,31,37)(H,35,36)/t24-,25+/m1/s1. The lowest BCUT2D eigenvalue weighted by Crippen LogP contribution is -2.40. The molecular formula is C30H39N3O4S. The highest BCUT2D eigenvalue weighted by atomic mass is 32.1. The van der Waals surface area contributed by atoms with E-state index < -0.39 is 18.1 Å². The normalized spacial score (nSPS) is 13.1. The molecule has 7 nitrogen and oxygen atoms in total. The second-order valence-electron chi connectivity index (χ2n) is 10.7. The molecule has 3 rings (SSSR count). The van der Waals surface area contributed by atoms with Crippen molar-refractivity contribution in [2.45, 2.75) is 59.0 Å². The van der Waals surface area contributed by atoms with E-state index in [2.05, 4.69) is 36.2 Å². The molecule has 2 N–H and O–H groups in total. The number of hydrogen-bond donors (Lipinski definition) is 2. The zero-order chi connectivity index (χ0) is 28.0. The first kappa shape index (κ1) is 29.3. The van der Waals surface area contributed by atoms with Crippen LogP contribution >= 0.6 is 11.3 Å². The summed E-state index contributed by atoms with van der Waals surface area (Å²) in [6, 6.07) is 9.96. The monoisotopic (exact) mass is 537 g/mol. The molecule has 0 aliphatic heterocycles. The number of nitrogens with one attached hydrogen (secondary N) is 1. The zero-order valence-electron chi connectivity index (χ0n) is 23.2. The lowest BCUT2D eigenvalue weighted by molar-refractivity contribution is -0.138. The predicted molar refractivity (Wildman–Crippen MR) is 154 cm³/mol. The summed E-state index contributed by atoms with van der Waals surface area (Å²) < 4.78 is 1.51. The Morgan fingerprint density at radius 2 is 1.79 bits per heavy atom. The lowest BCUT2D eigenvalue weighted by Gasteiger charge is -2.25. The number of thiophene rings is 1. The first-order valence-electron chi connectivity index (χ1n) is 13.0. The molecule has 0 saturated carbocycles. The molecule has 2 aromatic heterocycles. The van der Waals surface area contributed by atoms with Gasteiger partial charge in [-0.1, -0.05) is 38.1 Å². The van der Waals surface area contributed by atoms with E-state index in [0.717, 1.165) is 45.7 Å². The van der Waals surface area contributed by atoms with Gasteiger partial charge in [-0.15, -0.1) is 11.3 Å². The zero-order valence-corrected chi connectivity index (χ0v) is 24.0. The maximum Gasteiger partial charge on any atom is 0.305 e. The third-order valence-corrected chi connectivity index (χ3v) is 7.59. The van der Waals surface area contributed by atoms with Gasteiger partial charge in [0.2, 0.25) is 5.91 Å². The van der Waals surface area contributed by atoms with E-state index >= 15 is 0 Å². The molecule has 0 spiro atoms. The van der Waals surface area contributed by atoms with Crippen LogP contribution in [0.25, 0.3) is 10.4 Å². The van der Waals surface area contributed by atoms with Crippen molar-refractivity contribution in [1.29, 1.82) is 0 Å². The van der Waals surface area contributed by atoms with Gasteiger partial charge < -0.3 is 19.9 Å². The average molecular weight is 538 g/mol. The minimum Gasteiger partial charge on any atom is -0.481 e. The summed E-state index contributed by atoms with van der Waals surface area (Å²) in [5.41, 5.74) is 4.88. The number of aryl methyl sites for hydroxylation is 2. The molecule has 2 atom stereocenters. The molecule has 0 bridgehead atoms. The number of carbonyl (C=O) groups is 2. The largest absolute Gasteiger partial charge is 0.481 e. The Kier molecular flexibility index (Phi) is 10.1. The van der Waals surface area contributed by atoms with Gasteiger partial charge in [-0.25, -0.2) is 0 Å². The molecule has 0 fully saturated rings. The van der Waals surface area contributed by atoms with Gasteiger partial charge in [0.05, 0.1) is 12.5 Å². The fourth-order valence-corrected chi connectivity index (χ4v) is 5.79. The number of aromatic nitrogens is 1. The van der Waals surface area contributed by atoms with E-state index in [9.17, 15) is 19.5 Å². The first-order valence-corrected chi connectivity index (χ1v) is 13.9. The molecule has 8 heteroatoms. The van der Waals surface area contributed by atoms with Gasteiger partial charge >= 0.3 is 5.97 Å². The highest BCUT2D eigenvalue weighted by Crippen LogP contribution is 2.35. The first-order chi connectivity index (χ1) is 18.0. The van der Waals surface area contributed by atoms with Crippen LogP contribution in [0.4, 0.5) is 0 Å². The Morgan fingerprint density at radius 1 is 1.11 bits per heavy atom. The number of carboxylic acid groups (broad SMARTS) is 1. The number of amides is 1. The molecule has 204 valence electrons. The number of benzene rings is 1. The Labute approximate surface area is 229 Å². The van der Waals surface area contributed by atoms with Gasteiger partial charge in [-0.05, 0) is 86.0 Å². The molecule has 0 unspecified atom stereocenters. The topological polar surface area (TPSA) is 91.6 Å². The Hall–Kier alpha value is -3.23. The van der Waals surface area contributed by atoms with Crippen molar-refractivity contribution in [2.75, 3.05) is 20.6 Å². The predicted octanol–water partition coefficient (Wildman–Crippen LogP) is 5.22. The van der Waals surface area contributed by atoms with Crippen LogP contribution in [0.5, 0.6) is 0 Å². The van der Waals surface area contributed by atoms with Crippen LogP contribution < -0.4 is 10.9 Å². The van der Waals surface area contributed by atoms with E-state index in [-0.39, 0.29) is 23.8 Å². The highest BCUT2D eigenvalue weighted by Gasteiger charge is 2.27. The number of likely N-dealkylation sites (N-methyl/N-ethyl adjacent to an activating group) is 1. The van der Waals surface area contributed by atoms with Crippen LogP contribution in [0.3, 0.4) is 0 Å². The van der Waals surface area contributed by atoms with Crippen molar-refractivity contribution >= 4 is 23.2 Å². The third-order valence-electron chi connectivity index (χ3n) is 6.63. The molecule has 0 aliphatic rings. The average Bonchev–Trinajstić information content (AvgIpc) is 3.31. The molecule has 2 heterocycles. The second-order valence-corrected chi connectivity index (χ2v) is 11.6. The van der Waals surface area contributed by atoms with Crippen molar-refractivity contribution in [1.82, 2.24) is 14.8 Å². The van der Waals surface area contributed by atoms with Crippen molar-refractivity contribution in [3.8, 4) is 10.4 Å². The Bertz CT molecular complexity index is 1300. The molecule has 0 radical (unpaired) electrons. The van der Waals surface area contributed by atoms with Crippen LogP contribution in [0.1, 0.15) is 61.0 Å². The van der Waals surface area contributed by atoms with Crippen molar-refractivity contribution < 1.29 is 14.7 Å². The maximum absolute atomic E-state index is 13.7. The second kappa shape index (κ2) is 13.0. The minimum absolute atomic E-state index is 0.151. The van der Waals surface area contributed by atoms with Crippen molar-refractivity contribution in [2.24, 2.45) is 5.92 Å². The number of pyridine rings is 1. The van der Waals surface area contributed by atoms with Gasteiger partial charge in [0.15, 0.2) is 0 Å². The maximum atomic E-state index is 13.7. The quantitative estimate of drug-likeness (QED) is 0.331. The molecule has 0 aliphatic carbocycles. The molecule has 1 amide bonds. The van der Waals surface area contributed by atoms with E-state index in [4.69, 9.17) is 0 Å². The van der Waals surface area contributed by atoms with Crippen LogP contribution in [-0.4, -0.2) is 47.1 Å². The molecule has 1 aromatic carbocycles. The number of aliphatic carboxylic acids is 1. The highest BCUT2D eigenvalue weighted by molar-refractivity contribution is 7.13. The van der Waals surface area contributed by atoms with Gasteiger partial charge in [0.25, 0.3) is 5.56 Å². The van der Waals surface area contributed by atoms with Crippen LogP contribution in [0, 0.1) is 19.8 Å². The number of carbonyl (C=O) groups excluding carboxylic acids is 1. The Morgan fingerprint density at radius 3 is 2.39 bits per heavy atom. The molecular weight excluding hydrogens is 498 g/mol.